The van der Waals surface area contributed by atoms with E-state index in [2.05, 4.69) is 6.08 Å². The van der Waals surface area contributed by atoms with Crippen molar-refractivity contribution in [3.63, 3.8) is 0 Å². The SMILES string of the molecule is CC1(O)CCN(C(=O)CC2=CCCCC2)C1. The van der Waals surface area contributed by atoms with Crippen LogP contribution >= 0.6 is 0 Å². The molecule has 0 bridgehead atoms. The van der Waals surface area contributed by atoms with Crippen molar-refractivity contribution in [2.45, 2.75) is 51.0 Å². The molecule has 0 spiro atoms. The summed E-state index contributed by atoms with van der Waals surface area (Å²) in [6, 6.07) is 0. The summed E-state index contributed by atoms with van der Waals surface area (Å²) in [5.74, 6) is 0.186. The molecule has 0 aromatic heterocycles. The molecular weight excluding hydrogens is 202 g/mol. The molecule has 0 radical (unpaired) electrons. The van der Waals surface area contributed by atoms with E-state index >= 15 is 0 Å². The average molecular weight is 223 g/mol. The topological polar surface area (TPSA) is 40.5 Å². The van der Waals surface area contributed by atoms with Crippen LogP contribution in [-0.2, 0) is 4.79 Å². The van der Waals surface area contributed by atoms with Gasteiger partial charge in [0.25, 0.3) is 0 Å². The smallest absolute Gasteiger partial charge is 0.226 e. The van der Waals surface area contributed by atoms with Gasteiger partial charge in [-0.25, -0.2) is 0 Å². The van der Waals surface area contributed by atoms with Gasteiger partial charge in [0.2, 0.25) is 5.91 Å². The first-order valence-electron chi connectivity index (χ1n) is 6.25. The molecule has 2 rings (SSSR count). The number of likely N-dealkylation sites (tertiary alicyclic amines) is 1. The maximum atomic E-state index is 12.0. The third kappa shape index (κ3) is 2.85. The van der Waals surface area contributed by atoms with Crippen molar-refractivity contribution in [3.8, 4) is 0 Å². The summed E-state index contributed by atoms with van der Waals surface area (Å²) in [6.45, 7) is 3.01. The lowest BCUT2D eigenvalue weighted by molar-refractivity contribution is -0.130. The molecule has 1 heterocycles. The fourth-order valence-electron chi connectivity index (χ4n) is 2.53. The average Bonchev–Trinajstić information content (AvgIpc) is 2.60. The van der Waals surface area contributed by atoms with Crippen LogP contribution in [0.5, 0.6) is 0 Å². The highest BCUT2D eigenvalue weighted by Crippen LogP contribution is 2.24. The number of rotatable bonds is 2. The van der Waals surface area contributed by atoms with E-state index in [1.165, 1.54) is 18.4 Å². The van der Waals surface area contributed by atoms with Crippen LogP contribution in [0.1, 0.15) is 45.4 Å². The zero-order valence-corrected chi connectivity index (χ0v) is 10.0. The van der Waals surface area contributed by atoms with Gasteiger partial charge in [-0.05, 0) is 39.0 Å². The van der Waals surface area contributed by atoms with Gasteiger partial charge in [-0.1, -0.05) is 11.6 Å². The summed E-state index contributed by atoms with van der Waals surface area (Å²) >= 11 is 0. The van der Waals surface area contributed by atoms with Crippen LogP contribution < -0.4 is 0 Å². The Balaban J connectivity index is 1.86. The maximum Gasteiger partial charge on any atom is 0.226 e. The summed E-state index contributed by atoms with van der Waals surface area (Å²) in [5, 5.41) is 9.81. The molecule has 2 aliphatic rings. The van der Waals surface area contributed by atoms with Gasteiger partial charge in [-0.3, -0.25) is 4.79 Å². The second kappa shape index (κ2) is 4.58. The van der Waals surface area contributed by atoms with Gasteiger partial charge in [0.1, 0.15) is 0 Å². The lowest BCUT2D eigenvalue weighted by Crippen LogP contribution is -2.34. The number of carbonyl (C=O) groups excluding carboxylic acids is 1. The summed E-state index contributed by atoms with van der Waals surface area (Å²) in [4.78, 5) is 13.8. The Kier molecular flexibility index (Phi) is 3.33. The first kappa shape index (κ1) is 11.6. The molecule has 1 amide bonds. The van der Waals surface area contributed by atoms with Crippen molar-refractivity contribution in [1.82, 2.24) is 4.90 Å². The quantitative estimate of drug-likeness (QED) is 0.726. The largest absolute Gasteiger partial charge is 0.388 e. The van der Waals surface area contributed by atoms with E-state index in [0.29, 0.717) is 25.9 Å². The molecule has 3 nitrogen and oxygen atoms in total. The number of allylic oxidation sites excluding steroid dienone is 1. The number of hydrogen-bond acceptors (Lipinski definition) is 2. The molecule has 1 atom stereocenters. The molecule has 1 N–H and O–H groups in total. The second-order valence-electron chi connectivity index (χ2n) is 5.35. The van der Waals surface area contributed by atoms with Crippen molar-refractivity contribution >= 4 is 5.91 Å². The Morgan fingerprint density at radius 3 is 2.94 bits per heavy atom. The minimum Gasteiger partial charge on any atom is -0.388 e. The summed E-state index contributed by atoms with van der Waals surface area (Å²) < 4.78 is 0. The van der Waals surface area contributed by atoms with Crippen molar-refractivity contribution in [1.29, 1.82) is 0 Å². The Hall–Kier alpha value is -0.830. The minimum absolute atomic E-state index is 0.186. The Morgan fingerprint density at radius 2 is 2.38 bits per heavy atom. The Morgan fingerprint density at radius 1 is 1.56 bits per heavy atom. The molecule has 1 fully saturated rings. The molecule has 90 valence electrons. The number of β-amino-alcohol motifs (C(OH)–C–C–N with tert-alkyl or cyclic N) is 1. The van der Waals surface area contributed by atoms with Crippen LogP contribution in [0.15, 0.2) is 11.6 Å². The third-order valence-corrected chi connectivity index (χ3v) is 3.57. The predicted molar refractivity (Wildman–Crippen MR) is 63.0 cm³/mol. The van der Waals surface area contributed by atoms with Crippen LogP contribution in [0.3, 0.4) is 0 Å². The molecule has 1 aliphatic heterocycles. The number of hydrogen-bond donors (Lipinski definition) is 1. The van der Waals surface area contributed by atoms with Crippen molar-refractivity contribution in [3.05, 3.63) is 11.6 Å². The fourth-order valence-corrected chi connectivity index (χ4v) is 2.53. The van der Waals surface area contributed by atoms with Crippen molar-refractivity contribution in [2.24, 2.45) is 0 Å². The van der Waals surface area contributed by atoms with E-state index in [9.17, 15) is 9.90 Å². The Labute approximate surface area is 97.1 Å². The van der Waals surface area contributed by atoms with E-state index in [-0.39, 0.29) is 5.91 Å². The van der Waals surface area contributed by atoms with Gasteiger partial charge in [0, 0.05) is 19.5 Å². The monoisotopic (exact) mass is 223 g/mol. The van der Waals surface area contributed by atoms with E-state index in [0.717, 1.165) is 12.8 Å². The highest BCUT2D eigenvalue weighted by Gasteiger charge is 2.33. The van der Waals surface area contributed by atoms with E-state index < -0.39 is 5.60 Å². The fraction of sp³-hybridized carbons (Fsp3) is 0.769. The third-order valence-electron chi connectivity index (χ3n) is 3.57. The second-order valence-corrected chi connectivity index (χ2v) is 5.35. The maximum absolute atomic E-state index is 12.0. The molecule has 0 aromatic carbocycles. The summed E-state index contributed by atoms with van der Waals surface area (Å²) in [6.07, 6.45) is 8.17. The molecule has 1 saturated heterocycles. The van der Waals surface area contributed by atoms with Gasteiger partial charge in [-0.15, -0.1) is 0 Å². The zero-order chi connectivity index (χ0) is 11.6. The molecule has 1 aliphatic carbocycles. The standard InChI is InChI=1S/C13H21NO2/c1-13(16)7-8-14(10-13)12(15)9-11-5-3-2-4-6-11/h5,16H,2-4,6-10H2,1H3. The summed E-state index contributed by atoms with van der Waals surface area (Å²) in [5.41, 5.74) is 0.624. The van der Waals surface area contributed by atoms with E-state index in [1.54, 1.807) is 11.8 Å². The van der Waals surface area contributed by atoms with Gasteiger partial charge in [-0.2, -0.15) is 0 Å². The number of amides is 1. The number of carbonyl (C=O) groups is 1. The lowest BCUT2D eigenvalue weighted by Gasteiger charge is -2.20. The van der Waals surface area contributed by atoms with E-state index in [4.69, 9.17) is 0 Å². The first-order valence-corrected chi connectivity index (χ1v) is 6.25. The summed E-state index contributed by atoms with van der Waals surface area (Å²) in [7, 11) is 0. The lowest BCUT2D eigenvalue weighted by atomic mass is 9.97. The first-order chi connectivity index (χ1) is 7.57. The van der Waals surface area contributed by atoms with Crippen LogP contribution in [0.2, 0.25) is 0 Å². The highest BCUT2D eigenvalue weighted by molar-refractivity contribution is 5.79. The molecule has 16 heavy (non-hydrogen) atoms. The molecule has 0 aromatic rings. The van der Waals surface area contributed by atoms with Gasteiger partial charge in [0.05, 0.1) is 5.60 Å². The normalized spacial score (nSPS) is 30.4. The molecule has 1 unspecified atom stereocenters. The van der Waals surface area contributed by atoms with Crippen LogP contribution in [-0.4, -0.2) is 34.6 Å². The predicted octanol–water partition coefficient (Wildman–Crippen LogP) is 1.86. The molecular formula is C13H21NO2. The number of nitrogens with zero attached hydrogens (tertiary/aromatic N) is 1. The van der Waals surface area contributed by atoms with Crippen LogP contribution in [0, 0.1) is 0 Å². The minimum atomic E-state index is -0.670. The van der Waals surface area contributed by atoms with Crippen LogP contribution in [0.4, 0.5) is 0 Å². The van der Waals surface area contributed by atoms with E-state index in [1.807, 2.05) is 0 Å². The number of aliphatic hydroxyl groups is 1. The zero-order valence-electron chi connectivity index (χ0n) is 10.0. The Bertz CT molecular complexity index is 307. The van der Waals surface area contributed by atoms with Gasteiger partial charge < -0.3 is 10.0 Å². The highest BCUT2D eigenvalue weighted by atomic mass is 16.3. The van der Waals surface area contributed by atoms with Crippen molar-refractivity contribution in [2.75, 3.05) is 13.1 Å². The van der Waals surface area contributed by atoms with Gasteiger partial charge in [0.15, 0.2) is 0 Å². The molecule has 0 saturated carbocycles. The van der Waals surface area contributed by atoms with Crippen molar-refractivity contribution < 1.29 is 9.90 Å². The molecule has 3 heteroatoms. The van der Waals surface area contributed by atoms with Crippen LogP contribution in [0.25, 0.3) is 0 Å². The van der Waals surface area contributed by atoms with Gasteiger partial charge >= 0.3 is 0 Å².